The Hall–Kier alpha value is -3.19. The van der Waals surface area contributed by atoms with Crippen LogP contribution in [0.3, 0.4) is 0 Å². The van der Waals surface area contributed by atoms with Gasteiger partial charge in [0.25, 0.3) is 5.91 Å². The Bertz CT molecular complexity index is 802. The van der Waals surface area contributed by atoms with Gasteiger partial charge in [-0.15, -0.1) is 0 Å². The van der Waals surface area contributed by atoms with Crippen molar-refractivity contribution >= 4 is 23.5 Å². The lowest BCUT2D eigenvalue weighted by Gasteiger charge is -2.14. The molecule has 0 aliphatic carbocycles. The molecule has 0 spiro atoms. The number of amides is 2. The molecule has 0 aromatic heterocycles. The van der Waals surface area contributed by atoms with Crippen LogP contribution in [0.5, 0.6) is 0 Å². The molecule has 2 aromatic carbocycles. The Morgan fingerprint density at radius 3 is 2.38 bits per heavy atom. The number of carbonyl (C=O) groups is 3. The van der Waals surface area contributed by atoms with E-state index in [2.05, 4.69) is 5.32 Å². The van der Waals surface area contributed by atoms with E-state index in [1.54, 1.807) is 37.4 Å². The molecule has 0 aliphatic rings. The number of carbonyl (C=O) groups excluding carboxylic acids is 3. The lowest BCUT2D eigenvalue weighted by Crippen LogP contribution is -2.30. The Morgan fingerprint density at radius 2 is 1.77 bits per heavy atom. The highest BCUT2D eigenvalue weighted by Gasteiger charge is 2.19. The Labute approximate surface area is 151 Å². The van der Waals surface area contributed by atoms with Crippen LogP contribution in [0.4, 0.5) is 5.69 Å². The first-order chi connectivity index (χ1) is 12.4. The second-order valence-corrected chi connectivity index (χ2v) is 5.61. The summed E-state index contributed by atoms with van der Waals surface area (Å²) in [5.41, 5.74) is 7.12. The van der Waals surface area contributed by atoms with Crippen molar-refractivity contribution in [2.45, 2.75) is 19.6 Å². The van der Waals surface area contributed by atoms with Crippen molar-refractivity contribution in [2.75, 3.05) is 12.4 Å². The molecule has 0 radical (unpaired) electrons. The predicted molar refractivity (Wildman–Crippen MR) is 95.6 cm³/mol. The van der Waals surface area contributed by atoms with Gasteiger partial charge in [0, 0.05) is 18.4 Å². The van der Waals surface area contributed by atoms with Crippen LogP contribution in [-0.2, 0) is 20.9 Å². The first kappa shape index (κ1) is 19.1. The minimum Gasteiger partial charge on any atom is -0.449 e. The molecule has 0 bridgehead atoms. The number of methoxy groups -OCH3 is 1. The van der Waals surface area contributed by atoms with Gasteiger partial charge >= 0.3 is 5.97 Å². The summed E-state index contributed by atoms with van der Waals surface area (Å²) in [5, 5.41) is 2.61. The SMILES string of the molecule is COCc1cccc(C(=O)O[C@@H](C)C(=O)Nc2ccc(C(N)=O)cc2)c1. The fourth-order valence-electron chi connectivity index (χ4n) is 2.20. The van der Waals surface area contributed by atoms with Gasteiger partial charge in [-0.3, -0.25) is 9.59 Å². The Kier molecular flexibility index (Phi) is 6.46. The van der Waals surface area contributed by atoms with E-state index in [1.165, 1.54) is 19.1 Å². The molecule has 7 nitrogen and oxygen atoms in total. The molecule has 7 heteroatoms. The van der Waals surface area contributed by atoms with Gasteiger partial charge in [-0.05, 0) is 48.9 Å². The molecule has 0 fully saturated rings. The van der Waals surface area contributed by atoms with Crippen molar-refractivity contribution in [1.29, 1.82) is 0 Å². The van der Waals surface area contributed by atoms with Crippen molar-refractivity contribution in [2.24, 2.45) is 5.73 Å². The summed E-state index contributed by atoms with van der Waals surface area (Å²) in [6.07, 6.45) is -0.996. The third kappa shape index (κ3) is 5.15. The van der Waals surface area contributed by atoms with Crippen molar-refractivity contribution in [3.05, 3.63) is 65.2 Å². The van der Waals surface area contributed by atoms with E-state index in [0.29, 0.717) is 23.4 Å². The van der Waals surface area contributed by atoms with Gasteiger partial charge in [-0.1, -0.05) is 12.1 Å². The van der Waals surface area contributed by atoms with Gasteiger partial charge in [-0.2, -0.15) is 0 Å². The molecule has 0 unspecified atom stereocenters. The average Bonchev–Trinajstić information content (AvgIpc) is 2.62. The second kappa shape index (κ2) is 8.77. The van der Waals surface area contributed by atoms with Gasteiger partial charge in [0.15, 0.2) is 6.10 Å². The number of esters is 1. The summed E-state index contributed by atoms with van der Waals surface area (Å²) in [6.45, 7) is 1.85. The van der Waals surface area contributed by atoms with Crippen LogP contribution < -0.4 is 11.1 Å². The first-order valence-corrected chi connectivity index (χ1v) is 7.90. The number of hydrogen-bond acceptors (Lipinski definition) is 5. The molecule has 2 aromatic rings. The zero-order valence-electron chi connectivity index (χ0n) is 14.5. The van der Waals surface area contributed by atoms with Crippen molar-refractivity contribution in [1.82, 2.24) is 0 Å². The van der Waals surface area contributed by atoms with E-state index < -0.39 is 23.9 Å². The third-order valence-corrected chi connectivity index (χ3v) is 3.56. The minimum atomic E-state index is -0.996. The average molecular weight is 356 g/mol. The van der Waals surface area contributed by atoms with Gasteiger partial charge in [-0.25, -0.2) is 4.79 Å². The lowest BCUT2D eigenvalue weighted by molar-refractivity contribution is -0.123. The summed E-state index contributed by atoms with van der Waals surface area (Å²) in [6, 6.07) is 12.9. The van der Waals surface area contributed by atoms with Gasteiger partial charge in [0.2, 0.25) is 5.91 Å². The summed E-state index contributed by atoms with van der Waals surface area (Å²) in [5.74, 6) is -1.64. The summed E-state index contributed by atoms with van der Waals surface area (Å²) < 4.78 is 10.2. The fourth-order valence-corrected chi connectivity index (χ4v) is 2.20. The monoisotopic (exact) mass is 356 g/mol. The fraction of sp³-hybridized carbons (Fsp3) is 0.211. The van der Waals surface area contributed by atoms with E-state index in [9.17, 15) is 14.4 Å². The van der Waals surface area contributed by atoms with Gasteiger partial charge < -0.3 is 20.5 Å². The number of primary amides is 1. The lowest BCUT2D eigenvalue weighted by atomic mass is 10.1. The summed E-state index contributed by atoms with van der Waals surface area (Å²) in [7, 11) is 1.56. The Morgan fingerprint density at radius 1 is 1.08 bits per heavy atom. The van der Waals surface area contributed by atoms with E-state index in [1.807, 2.05) is 6.07 Å². The van der Waals surface area contributed by atoms with E-state index >= 15 is 0 Å². The molecule has 2 amide bonds. The highest BCUT2D eigenvalue weighted by molar-refractivity contribution is 5.98. The van der Waals surface area contributed by atoms with Crippen molar-refractivity contribution in [3.8, 4) is 0 Å². The summed E-state index contributed by atoms with van der Waals surface area (Å²) in [4.78, 5) is 35.4. The highest BCUT2D eigenvalue weighted by Crippen LogP contribution is 2.12. The van der Waals surface area contributed by atoms with Crippen LogP contribution in [0, 0.1) is 0 Å². The van der Waals surface area contributed by atoms with Crippen LogP contribution in [0.2, 0.25) is 0 Å². The molecular weight excluding hydrogens is 336 g/mol. The van der Waals surface area contributed by atoms with Gasteiger partial charge in [0.1, 0.15) is 0 Å². The number of rotatable bonds is 7. The maximum absolute atomic E-state index is 12.2. The number of anilines is 1. The predicted octanol–water partition coefficient (Wildman–Crippen LogP) is 2.12. The molecule has 1 atom stereocenters. The number of nitrogens with one attached hydrogen (secondary N) is 1. The smallest absolute Gasteiger partial charge is 0.338 e. The van der Waals surface area contributed by atoms with Crippen LogP contribution in [0.25, 0.3) is 0 Å². The minimum absolute atomic E-state index is 0.332. The Balaban J connectivity index is 1.96. The van der Waals surface area contributed by atoms with Crippen LogP contribution in [0.1, 0.15) is 33.2 Å². The van der Waals surface area contributed by atoms with E-state index in [0.717, 1.165) is 5.56 Å². The van der Waals surface area contributed by atoms with Crippen LogP contribution in [0.15, 0.2) is 48.5 Å². The molecule has 0 aliphatic heterocycles. The number of ether oxygens (including phenoxy) is 2. The zero-order chi connectivity index (χ0) is 19.1. The summed E-state index contributed by atoms with van der Waals surface area (Å²) >= 11 is 0. The largest absolute Gasteiger partial charge is 0.449 e. The topological polar surface area (TPSA) is 108 Å². The number of nitrogens with two attached hydrogens (primary N) is 1. The number of hydrogen-bond donors (Lipinski definition) is 2. The molecule has 2 rings (SSSR count). The van der Waals surface area contributed by atoms with E-state index in [-0.39, 0.29) is 0 Å². The molecule has 136 valence electrons. The van der Waals surface area contributed by atoms with E-state index in [4.69, 9.17) is 15.2 Å². The zero-order valence-corrected chi connectivity index (χ0v) is 14.5. The van der Waals surface area contributed by atoms with Crippen LogP contribution in [-0.4, -0.2) is 31.0 Å². The first-order valence-electron chi connectivity index (χ1n) is 7.90. The second-order valence-electron chi connectivity index (χ2n) is 5.61. The standard InChI is InChI=1S/C19H20N2O5/c1-12(18(23)21-16-8-6-14(7-9-16)17(20)22)26-19(24)15-5-3-4-13(10-15)11-25-2/h3-10,12H,11H2,1-2H3,(H2,20,22)(H,21,23)/t12-/m0/s1. The normalized spacial score (nSPS) is 11.5. The molecule has 3 N–H and O–H groups in total. The molecule has 0 saturated carbocycles. The molecule has 26 heavy (non-hydrogen) atoms. The van der Waals surface area contributed by atoms with Crippen LogP contribution >= 0.6 is 0 Å². The third-order valence-electron chi connectivity index (χ3n) is 3.56. The molecular formula is C19H20N2O5. The molecule has 0 saturated heterocycles. The van der Waals surface area contributed by atoms with Gasteiger partial charge in [0.05, 0.1) is 12.2 Å². The quantitative estimate of drug-likeness (QED) is 0.739. The maximum atomic E-state index is 12.2. The van der Waals surface area contributed by atoms with Crippen molar-refractivity contribution < 1.29 is 23.9 Å². The maximum Gasteiger partial charge on any atom is 0.338 e. The highest BCUT2D eigenvalue weighted by atomic mass is 16.5. The van der Waals surface area contributed by atoms with Crippen molar-refractivity contribution in [3.63, 3.8) is 0 Å². The molecule has 0 heterocycles. The number of benzene rings is 2.